The zero-order chi connectivity index (χ0) is 20.4. The number of H-pyrrole nitrogens is 1. The Balaban J connectivity index is 1.50. The number of hydrogen-bond acceptors (Lipinski definition) is 3. The number of hydrogen-bond donors (Lipinski definition) is 2. The van der Waals surface area contributed by atoms with E-state index < -0.39 is 5.97 Å². The van der Waals surface area contributed by atoms with Crippen LogP contribution in [0.3, 0.4) is 0 Å². The number of aromatic amines is 1. The van der Waals surface area contributed by atoms with Crippen LogP contribution in [0.4, 0.5) is 0 Å². The van der Waals surface area contributed by atoms with E-state index in [1.807, 2.05) is 17.0 Å². The van der Waals surface area contributed by atoms with Crippen molar-refractivity contribution in [2.75, 3.05) is 13.1 Å². The molecular formula is C23H31N3O3. The molecule has 156 valence electrons. The molecule has 1 aromatic heterocycles. The molecule has 0 unspecified atom stereocenters. The number of piperidine rings is 1. The van der Waals surface area contributed by atoms with Crippen LogP contribution in [-0.4, -0.2) is 44.9 Å². The van der Waals surface area contributed by atoms with Gasteiger partial charge in [0.1, 0.15) is 5.82 Å². The van der Waals surface area contributed by atoms with Crippen LogP contribution in [0.25, 0.3) is 11.0 Å². The number of carbonyl (C=O) groups is 2. The summed E-state index contributed by atoms with van der Waals surface area (Å²) in [5, 5.41) is 9.37. The lowest BCUT2D eigenvalue weighted by Gasteiger charge is -2.40. The van der Waals surface area contributed by atoms with E-state index in [0.29, 0.717) is 19.5 Å². The molecule has 1 amide bonds. The number of aryl methyl sites for hydroxylation is 1. The van der Waals surface area contributed by atoms with Crippen LogP contribution in [-0.2, 0) is 16.0 Å². The number of aliphatic carboxylic acids is 1. The smallest absolute Gasteiger partial charge is 0.303 e. The van der Waals surface area contributed by atoms with E-state index in [1.54, 1.807) is 0 Å². The molecule has 29 heavy (non-hydrogen) atoms. The number of rotatable bonds is 5. The number of carboxylic acid groups (broad SMARTS) is 1. The van der Waals surface area contributed by atoms with Crippen LogP contribution in [0.1, 0.15) is 56.3 Å². The van der Waals surface area contributed by atoms with Crippen molar-refractivity contribution in [2.24, 2.45) is 17.8 Å². The summed E-state index contributed by atoms with van der Waals surface area (Å²) in [6.07, 6.45) is 7.13. The summed E-state index contributed by atoms with van der Waals surface area (Å²) in [5.74, 6) is 0.774. The number of benzene rings is 1. The Kier molecular flexibility index (Phi) is 5.88. The first kappa shape index (κ1) is 19.9. The van der Waals surface area contributed by atoms with Crippen molar-refractivity contribution >= 4 is 22.9 Å². The number of nitrogens with one attached hydrogen (secondary N) is 1. The molecule has 1 aliphatic heterocycles. The molecule has 0 spiro atoms. The van der Waals surface area contributed by atoms with Crippen LogP contribution in [0.5, 0.6) is 0 Å². The predicted molar refractivity (Wildman–Crippen MR) is 112 cm³/mol. The standard InChI is InChI=1S/C23H31N3O3/c1-15-7-8-19-20(11-15)25-21(24-19)12-18-14-26(10-9-17(18)13-22(27)28)23(29)16-5-3-2-4-6-16/h7-8,11,16-18H,2-6,9-10,12-14H2,1H3,(H,24,25)(H,27,28)/t17-,18-/m0/s1. The summed E-state index contributed by atoms with van der Waals surface area (Å²) < 4.78 is 0. The molecule has 6 nitrogen and oxygen atoms in total. The van der Waals surface area contributed by atoms with Crippen molar-refractivity contribution in [1.29, 1.82) is 0 Å². The average molecular weight is 398 g/mol. The Morgan fingerprint density at radius 3 is 2.72 bits per heavy atom. The fraction of sp³-hybridized carbons (Fsp3) is 0.609. The molecule has 6 heteroatoms. The van der Waals surface area contributed by atoms with Gasteiger partial charge in [-0.3, -0.25) is 9.59 Å². The van der Waals surface area contributed by atoms with Crippen molar-refractivity contribution in [3.05, 3.63) is 29.6 Å². The quantitative estimate of drug-likeness (QED) is 0.800. The van der Waals surface area contributed by atoms with Gasteiger partial charge in [-0.25, -0.2) is 4.98 Å². The normalized spacial score (nSPS) is 23.4. The fourth-order valence-corrected chi connectivity index (χ4v) is 5.13. The Morgan fingerprint density at radius 1 is 1.17 bits per heavy atom. The molecule has 2 aliphatic rings. The molecule has 1 saturated carbocycles. The van der Waals surface area contributed by atoms with Crippen LogP contribution in [0.2, 0.25) is 0 Å². The van der Waals surface area contributed by atoms with Gasteiger partial charge in [0.25, 0.3) is 0 Å². The van der Waals surface area contributed by atoms with Gasteiger partial charge in [-0.1, -0.05) is 25.3 Å². The molecule has 1 aromatic carbocycles. The number of fused-ring (bicyclic) bond motifs is 1. The third kappa shape index (κ3) is 4.62. The van der Waals surface area contributed by atoms with E-state index in [2.05, 4.69) is 18.0 Å². The Labute approximate surface area is 171 Å². The molecule has 2 aromatic rings. The molecule has 1 saturated heterocycles. The van der Waals surface area contributed by atoms with E-state index in [1.165, 1.54) is 12.0 Å². The predicted octanol–water partition coefficient (Wildman–Crippen LogP) is 3.93. The zero-order valence-electron chi connectivity index (χ0n) is 17.2. The molecule has 2 fully saturated rings. The summed E-state index contributed by atoms with van der Waals surface area (Å²) in [5.41, 5.74) is 3.13. The van der Waals surface area contributed by atoms with Crippen molar-refractivity contribution in [1.82, 2.24) is 14.9 Å². The summed E-state index contributed by atoms with van der Waals surface area (Å²) >= 11 is 0. The molecule has 2 atom stereocenters. The van der Waals surface area contributed by atoms with E-state index >= 15 is 0 Å². The van der Waals surface area contributed by atoms with Gasteiger partial charge in [-0.15, -0.1) is 0 Å². The maximum Gasteiger partial charge on any atom is 0.303 e. The lowest BCUT2D eigenvalue weighted by molar-refractivity contribution is -0.141. The fourth-order valence-electron chi connectivity index (χ4n) is 5.13. The van der Waals surface area contributed by atoms with Crippen molar-refractivity contribution in [3.63, 3.8) is 0 Å². The molecule has 2 N–H and O–H groups in total. The first-order chi connectivity index (χ1) is 14.0. The molecule has 2 heterocycles. The van der Waals surface area contributed by atoms with Gasteiger partial charge in [0.15, 0.2) is 0 Å². The van der Waals surface area contributed by atoms with Crippen LogP contribution < -0.4 is 0 Å². The highest BCUT2D eigenvalue weighted by molar-refractivity contribution is 5.79. The zero-order valence-corrected chi connectivity index (χ0v) is 17.2. The number of carbonyl (C=O) groups excluding carboxylic acids is 1. The molecule has 4 rings (SSSR count). The van der Waals surface area contributed by atoms with Gasteiger partial charge in [0, 0.05) is 31.8 Å². The third-order valence-corrected chi connectivity index (χ3v) is 6.74. The highest BCUT2D eigenvalue weighted by atomic mass is 16.4. The van der Waals surface area contributed by atoms with Crippen molar-refractivity contribution in [3.8, 4) is 0 Å². The second kappa shape index (κ2) is 8.56. The van der Waals surface area contributed by atoms with Crippen LogP contribution >= 0.6 is 0 Å². The maximum atomic E-state index is 13.0. The first-order valence-electron chi connectivity index (χ1n) is 11.0. The SMILES string of the molecule is Cc1ccc2nc(C[C@H]3CN(C(=O)C4CCCCC4)CC[C@H]3CC(=O)O)[nH]c2c1. The lowest BCUT2D eigenvalue weighted by atomic mass is 9.80. The number of likely N-dealkylation sites (tertiary alicyclic amines) is 1. The van der Waals surface area contributed by atoms with E-state index in [0.717, 1.165) is 49.0 Å². The van der Waals surface area contributed by atoms with Gasteiger partial charge in [0.05, 0.1) is 11.0 Å². The van der Waals surface area contributed by atoms with Gasteiger partial charge in [0.2, 0.25) is 5.91 Å². The minimum absolute atomic E-state index is 0.0813. The van der Waals surface area contributed by atoms with Gasteiger partial charge in [-0.2, -0.15) is 0 Å². The second-order valence-electron chi connectivity index (χ2n) is 8.93. The van der Waals surface area contributed by atoms with Gasteiger partial charge < -0.3 is 15.0 Å². The highest BCUT2D eigenvalue weighted by Crippen LogP contribution is 2.32. The van der Waals surface area contributed by atoms with E-state index in [-0.39, 0.29) is 30.1 Å². The highest BCUT2D eigenvalue weighted by Gasteiger charge is 2.35. The summed E-state index contributed by atoms with van der Waals surface area (Å²) in [6.45, 7) is 3.38. The first-order valence-corrected chi connectivity index (χ1v) is 11.0. The Bertz CT molecular complexity index is 885. The van der Waals surface area contributed by atoms with Crippen LogP contribution in [0.15, 0.2) is 18.2 Å². The number of amides is 1. The molecule has 0 radical (unpaired) electrons. The second-order valence-corrected chi connectivity index (χ2v) is 8.93. The third-order valence-electron chi connectivity index (χ3n) is 6.74. The Hall–Kier alpha value is -2.37. The summed E-state index contributed by atoms with van der Waals surface area (Å²) in [4.78, 5) is 34.6. The number of aromatic nitrogens is 2. The van der Waals surface area contributed by atoms with Crippen LogP contribution in [0, 0.1) is 24.7 Å². The molecule has 0 bridgehead atoms. The monoisotopic (exact) mass is 397 g/mol. The van der Waals surface area contributed by atoms with Gasteiger partial charge in [-0.05, 0) is 55.7 Å². The van der Waals surface area contributed by atoms with Crippen molar-refractivity contribution < 1.29 is 14.7 Å². The largest absolute Gasteiger partial charge is 0.481 e. The topological polar surface area (TPSA) is 86.3 Å². The molecular weight excluding hydrogens is 366 g/mol. The summed E-state index contributed by atoms with van der Waals surface area (Å²) in [6, 6.07) is 6.14. The lowest BCUT2D eigenvalue weighted by Crippen LogP contribution is -2.47. The van der Waals surface area contributed by atoms with Gasteiger partial charge >= 0.3 is 5.97 Å². The number of carboxylic acids is 1. The Morgan fingerprint density at radius 2 is 1.97 bits per heavy atom. The number of imidazole rings is 1. The number of nitrogens with zero attached hydrogens (tertiary/aromatic N) is 2. The van der Waals surface area contributed by atoms with Crippen molar-refractivity contribution in [2.45, 2.75) is 58.3 Å². The average Bonchev–Trinajstić information content (AvgIpc) is 3.10. The van der Waals surface area contributed by atoms with E-state index in [9.17, 15) is 14.7 Å². The minimum atomic E-state index is -0.757. The van der Waals surface area contributed by atoms with E-state index in [4.69, 9.17) is 4.98 Å². The minimum Gasteiger partial charge on any atom is -0.481 e. The molecule has 1 aliphatic carbocycles. The summed E-state index contributed by atoms with van der Waals surface area (Å²) in [7, 11) is 0. The maximum absolute atomic E-state index is 13.0.